The number of carboxylic acids is 1. The molecule has 202 valence electrons. The Morgan fingerprint density at radius 2 is 1.82 bits per heavy atom. The maximum absolute atomic E-state index is 14.0. The van der Waals surface area contributed by atoms with Gasteiger partial charge < -0.3 is 25.2 Å². The van der Waals surface area contributed by atoms with Gasteiger partial charge in [0, 0.05) is 35.1 Å². The van der Waals surface area contributed by atoms with Crippen LogP contribution in [0, 0.1) is 5.92 Å². The van der Waals surface area contributed by atoms with Gasteiger partial charge in [-0.1, -0.05) is 50.2 Å². The highest BCUT2D eigenvalue weighted by atomic mass is 16.4. The number of amides is 3. The SMILES string of the molecule is CC(C)C[C@H](NC(=O)[C@@H]1Cc2c([nH]c3ccccc23)C2c3ccccc3C(=O)N21)C(=O)N1CCC[C@@H]1C(=O)O. The van der Waals surface area contributed by atoms with Gasteiger partial charge in [0.2, 0.25) is 11.8 Å². The summed E-state index contributed by atoms with van der Waals surface area (Å²) in [6.45, 7) is 4.27. The minimum atomic E-state index is -1.03. The summed E-state index contributed by atoms with van der Waals surface area (Å²) in [4.78, 5) is 59.6. The number of aliphatic carboxylic acids is 1. The molecule has 9 heteroatoms. The molecular formula is C30H32N4O5. The lowest BCUT2D eigenvalue weighted by Crippen LogP contribution is -2.58. The smallest absolute Gasteiger partial charge is 0.326 e. The van der Waals surface area contributed by atoms with Gasteiger partial charge in [-0.15, -0.1) is 0 Å². The van der Waals surface area contributed by atoms with E-state index in [1.807, 2.05) is 56.3 Å². The third kappa shape index (κ3) is 4.07. The van der Waals surface area contributed by atoms with Crippen molar-refractivity contribution in [2.75, 3.05) is 6.54 Å². The van der Waals surface area contributed by atoms with Gasteiger partial charge in [-0.2, -0.15) is 0 Å². The minimum Gasteiger partial charge on any atom is -0.480 e. The number of likely N-dealkylation sites (tertiary alicyclic amines) is 1. The number of para-hydroxylation sites is 1. The zero-order chi connectivity index (χ0) is 27.4. The van der Waals surface area contributed by atoms with Crippen LogP contribution >= 0.6 is 0 Å². The first kappa shape index (κ1) is 25.2. The van der Waals surface area contributed by atoms with Crippen LogP contribution in [-0.4, -0.2) is 68.3 Å². The molecule has 1 saturated heterocycles. The second-order valence-corrected chi connectivity index (χ2v) is 11.2. The highest BCUT2D eigenvalue weighted by Crippen LogP contribution is 2.46. The van der Waals surface area contributed by atoms with Crippen molar-refractivity contribution < 1.29 is 24.3 Å². The number of carbonyl (C=O) groups is 4. The first-order valence-corrected chi connectivity index (χ1v) is 13.6. The fourth-order valence-corrected chi connectivity index (χ4v) is 6.59. The number of hydrogen-bond donors (Lipinski definition) is 3. The number of hydrogen-bond acceptors (Lipinski definition) is 4. The normalized spacial score (nSPS) is 22.5. The maximum atomic E-state index is 14.0. The third-order valence-electron chi connectivity index (χ3n) is 8.30. The Morgan fingerprint density at radius 1 is 1.08 bits per heavy atom. The van der Waals surface area contributed by atoms with Gasteiger partial charge >= 0.3 is 5.97 Å². The van der Waals surface area contributed by atoms with Crippen LogP contribution in [-0.2, 0) is 20.8 Å². The van der Waals surface area contributed by atoms with Gasteiger partial charge in [0.1, 0.15) is 18.1 Å². The van der Waals surface area contributed by atoms with E-state index in [4.69, 9.17) is 0 Å². The van der Waals surface area contributed by atoms with E-state index >= 15 is 0 Å². The van der Waals surface area contributed by atoms with Crippen LogP contribution in [0.1, 0.15) is 66.3 Å². The van der Waals surface area contributed by atoms with Crippen LogP contribution in [0.2, 0.25) is 0 Å². The molecule has 3 aromatic rings. The second-order valence-electron chi connectivity index (χ2n) is 11.2. The fraction of sp³-hybridized carbons (Fsp3) is 0.400. The molecule has 3 aliphatic rings. The number of carbonyl (C=O) groups excluding carboxylic acids is 3. The summed E-state index contributed by atoms with van der Waals surface area (Å²) < 4.78 is 0. The third-order valence-corrected chi connectivity index (χ3v) is 8.30. The number of nitrogens with one attached hydrogen (secondary N) is 2. The number of carboxylic acid groups (broad SMARTS) is 1. The molecule has 3 amide bonds. The van der Waals surface area contributed by atoms with Crippen LogP contribution in [0.3, 0.4) is 0 Å². The van der Waals surface area contributed by atoms with E-state index in [0.717, 1.165) is 27.7 Å². The number of nitrogens with zero attached hydrogens (tertiary/aromatic N) is 2. The van der Waals surface area contributed by atoms with Gasteiger partial charge in [0.05, 0.1) is 6.04 Å². The van der Waals surface area contributed by atoms with Crippen LogP contribution in [0.15, 0.2) is 48.5 Å². The Kier molecular flexibility index (Phi) is 6.16. The first-order chi connectivity index (χ1) is 18.8. The van der Waals surface area contributed by atoms with E-state index in [1.54, 1.807) is 11.0 Å². The summed E-state index contributed by atoms with van der Waals surface area (Å²) in [7, 11) is 0. The van der Waals surface area contributed by atoms with Crippen molar-refractivity contribution in [1.82, 2.24) is 20.1 Å². The van der Waals surface area contributed by atoms with Crippen molar-refractivity contribution in [3.8, 4) is 0 Å². The monoisotopic (exact) mass is 528 g/mol. The summed E-state index contributed by atoms with van der Waals surface area (Å²) in [6, 6.07) is 12.3. The van der Waals surface area contributed by atoms with Gasteiger partial charge in [-0.25, -0.2) is 4.79 Å². The average Bonchev–Trinajstić information content (AvgIpc) is 3.62. The molecule has 1 unspecified atom stereocenters. The van der Waals surface area contributed by atoms with E-state index in [1.165, 1.54) is 4.90 Å². The number of benzene rings is 2. The molecule has 4 heterocycles. The van der Waals surface area contributed by atoms with Crippen molar-refractivity contribution in [2.24, 2.45) is 5.92 Å². The number of H-pyrrole nitrogens is 1. The largest absolute Gasteiger partial charge is 0.480 e. The summed E-state index contributed by atoms with van der Waals surface area (Å²) in [6.07, 6.45) is 1.69. The predicted molar refractivity (Wildman–Crippen MR) is 144 cm³/mol. The molecule has 0 aliphatic carbocycles. The topological polar surface area (TPSA) is 123 Å². The Labute approximate surface area is 226 Å². The minimum absolute atomic E-state index is 0.0853. The molecule has 39 heavy (non-hydrogen) atoms. The summed E-state index contributed by atoms with van der Waals surface area (Å²) in [5.74, 6) is -1.93. The summed E-state index contributed by atoms with van der Waals surface area (Å²) in [5, 5.41) is 13.6. The van der Waals surface area contributed by atoms with Crippen LogP contribution in [0.4, 0.5) is 0 Å². The number of aromatic amines is 1. The lowest BCUT2D eigenvalue weighted by molar-refractivity contribution is -0.149. The fourth-order valence-electron chi connectivity index (χ4n) is 6.59. The second kappa shape index (κ2) is 9.55. The lowest BCUT2D eigenvalue weighted by Gasteiger charge is -2.38. The highest BCUT2D eigenvalue weighted by molar-refractivity contribution is 6.04. The van der Waals surface area contributed by atoms with E-state index in [9.17, 15) is 24.3 Å². The van der Waals surface area contributed by atoms with Crippen molar-refractivity contribution in [2.45, 2.75) is 63.7 Å². The highest BCUT2D eigenvalue weighted by Gasteiger charge is 2.49. The Balaban J connectivity index is 1.36. The standard InChI is InChI=1S/C30H32N4O5/c1-16(2)14-22(29(37)33-13-7-12-23(33)30(38)39)32-27(35)24-15-20-17-8-5-6-11-21(17)31-25(20)26-18-9-3-4-10-19(18)28(36)34(24)26/h3-6,8-11,16,22-24,26,31H,7,12-15H2,1-2H3,(H,32,35)(H,38,39)/t22-,23+,24-,26?/m0/s1. The van der Waals surface area contributed by atoms with Crippen LogP contribution in [0.5, 0.6) is 0 Å². The quantitative estimate of drug-likeness (QED) is 0.453. The molecule has 9 nitrogen and oxygen atoms in total. The van der Waals surface area contributed by atoms with E-state index < -0.39 is 36.0 Å². The molecule has 0 spiro atoms. The number of aromatic nitrogens is 1. The van der Waals surface area contributed by atoms with E-state index in [0.29, 0.717) is 37.8 Å². The van der Waals surface area contributed by atoms with Gasteiger partial charge in [-0.05, 0) is 48.4 Å². The molecule has 6 rings (SSSR count). The lowest BCUT2D eigenvalue weighted by atomic mass is 9.89. The summed E-state index contributed by atoms with van der Waals surface area (Å²) in [5.41, 5.74) is 4.28. The average molecular weight is 529 g/mol. The van der Waals surface area contributed by atoms with Crippen LogP contribution in [0.25, 0.3) is 10.9 Å². The van der Waals surface area contributed by atoms with Gasteiger partial charge in [0.15, 0.2) is 0 Å². The molecule has 4 atom stereocenters. The van der Waals surface area contributed by atoms with Crippen molar-refractivity contribution in [3.63, 3.8) is 0 Å². The summed E-state index contributed by atoms with van der Waals surface area (Å²) >= 11 is 0. The molecular weight excluding hydrogens is 496 g/mol. The van der Waals surface area contributed by atoms with E-state index in [-0.39, 0.29) is 17.7 Å². The maximum Gasteiger partial charge on any atom is 0.326 e. The zero-order valence-electron chi connectivity index (χ0n) is 22.0. The zero-order valence-corrected chi connectivity index (χ0v) is 22.0. The molecule has 1 aromatic heterocycles. The molecule has 1 fully saturated rings. The molecule has 0 bridgehead atoms. The van der Waals surface area contributed by atoms with Gasteiger partial charge in [0.25, 0.3) is 5.91 Å². The molecule has 3 N–H and O–H groups in total. The van der Waals surface area contributed by atoms with Crippen molar-refractivity contribution >= 4 is 34.6 Å². The molecule has 0 radical (unpaired) electrons. The van der Waals surface area contributed by atoms with Crippen molar-refractivity contribution in [1.29, 1.82) is 0 Å². The molecule has 2 aromatic carbocycles. The predicted octanol–water partition coefficient (Wildman–Crippen LogP) is 3.24. The number of fused-ring (bicyclic) bond motifs is 7. The van der Waals surface area contributed by atoms with E-state index in [2.05, 4.69) is 10.3 Å². The Morgan fingerprint density at radius 3 is 2.59 bits per heavy atom. The number of rotatable bonds is 6. The van der Waals surface area contributed by atoms with Crippen molar-refractivity contribution in [3.05, 3.63) is 70.9 Å². The Hall–Kier alpha value is -4.14. The van der Waals surface area contributed by atoms with Crippen LogP contribution < -0.4 is 5.32 Å². The molecule has 3 aliphatic heterocycles. The first-order valence-electron chi connectivity index (χ1n) is 13.6. The Bertz CT molecular complexity index is 1490. The van der Waals surface area contributed by atoms with Gasteiger partial charge in [-0.3, -0.25) is 14.4 Å². The molecule has 0 saturated carbocycles.